The Morgan fingerprint density at radius 3 is 2.41 bits per heavy atom. The highest BCUT2D eigenvalue weighted by atomic mass is 19.1. The second kappa shape index (κ2) is 6.43. The summed E-state index contributed by atoms with van der Waals surface area (Å²) in [6.45, 7) is 1.75. The molecule has 1 amide bonds. The highest BCUT2D eigenvalue weighted by Crippen LogP contribution is 2.30. The molecule has 0 saturated carbocycles. The number of rotatable bonds is 2. The van der Waals surface area contributed by atoms with Crippen LogP contribution in [-0.2, 0) is 13.1 Å². The van der Waals surface area contributed by atoms with Crippen LogP contribution in [0.4, 0.5) is 8.78 Å². The molecule has 0 atom stereocenters. The van der Waals surface area contributed by atoms with Crippen LogP contribution >= 0.6 is 0 Å². The van der Waals surface area contributed by atoms with E-state index in [2.05, 4.69) is 15.2 Å². The molecule has 0 bridgehead atoms. The van der Waals surface area contributed by atoms with Gasteiger partial charge in [-0.2, -0.15) is 0 Å². The quantitative estimate of drug-likeness (QED) is 0.528. The highest BCUT2D eigenvalue weighted by Gasteiger charge is 2.30. The van der Waals surface area contributed by atoms with Gasteiger partial charge in [0.25, 0.3) is 11.5 Å². The molecule has 0 fully saturated rings. The van der Waals surface area contributed by atoms with Crippen LogP contribution in [0.3, 0.4) is 0 Å². The fourth-order valence-electron chi connectivity index (χ4n) is 4.30. The van der Waals surface area contributed by atoms with E-state index >= 15 is 0 Å². The van der Waals surface area contributed by atoms with E-state index < -0.39 is 17.2 Å². The lowest BCUT2D eigenvalue weighted by Gasteiger charge is -2.18. The number of H-pyrrole nitrogens is 1. The zero-order valence-electron chi connectivity index (χ0n) is 16.8. The number of hydrogen-bond donors (Lipinski definition) is 1. The molecule has 0 saturated heterocycles. The number of allylic oxidation sites excluding steroid dienone is 4. The summed E-state index contributed by atoms with van der Waals surface area (Å²) in [7, 11) is 0. The van der Waals surface area contributed by atoms with Crippen molar-refractivity contribution in [3.8, 4) is 0 Å². The van der Waals surface area contributed by atoms with Crippen LogP contribution in [0.1, 0.15) is 32.9 Å². The number of nitrogens with zero attached hydrogens (tertiary/aromatic N) is 4. The molecule has 32 heavy (non-hydrogen) atoms. The number of benzene rings is 2. The van der Waals surface area contributed by atoms with E-state index in [1.54, 1.807) is 23.5 Å². The second-order valence-electron chi connectivity index (χ2n) is 7.95. The van der Waals surface area contributed by atoms with Crippen molar-refractivity contribution in [3.63, 3.8) is 0 Å². The molecule has 2 aromatic carbocycles. The fraction of sp³-hybridized carbons (Fsp3) is 0.130. The van der Waals surface area contributed by atoms with Gasteiger partial charge < -0.3 is 9.88 Å². The number of aryl methyl sites for hydroxylation is 1. The molecule has 1 aliphatic heterocycles. The Morgan fingerprint density at radius 1 is 1.09 bits per heavy atom. The summed E-state index contributed by atoms with van der Waals surface area (Å²) < 4.78 is 29.9. The molecule has 1 N–H and O–H groups in total. The third-order valence-corrected chi connectivity index (χ3v) is 6.04. The van der Waals surface area contributed by atoms with E-state index in [4.69, 9.17) is 0 Å². The van der Waals surface area contributed by atoms with Crippen molar-refractivity contribution in [3.05, 3.63) is 92.6 Å². The third-order valence-electron chi connectivity index (χ3n) is 6.04. The first-order chi connectivity index (χ1) is 15.4. The van der Waals surface area contributed by atoms with Gasteiger partial charge in [0.05, 0.1) is 11.0 Å². The van der Waals surface area contributed by atoms with Crippen LogP contribution in [0, 0.1) is 18.6 Å². The first-order valence-corrected chi connectivity index (χ1v) is 9.98. The van der Waals surface area contributed by atoms with Crippen LogP contribution in [-0.4, -0.2) is 30.4 Å². The standard InChI is InChI=1S/C23H15F2N5O2/c1-11-7-19-18(26-22(31)21-28-27-20(30(19)21)12-3-2-4-12)8-13(11)23(32)29-9-14-15(10-29)17(25)6-5-16(14)24/h2-8H,9-10H2,1H3,(H,26,31). The summed E-state index contributed by atoms with van der Waals surface area (Å²) in [5.41, 5.74) is 3.07. The maximum Gasteiger partial charge on any atom is 0.294 e. The molecule has 1 aliphatic carbocycles. The number of hydrogen-bond acceptors (Lipinski definition) is 4. The number of aromatic nitrogens is 4. The first kappa shape index (κ1) is 18.6. The summed E-state index contributed by atoms with van der Waals surface area (Å²) in [4.78, 5) is 30.0. The van der Waals surface area contributed by atoms with Gasteiger partial charge in [-0.1, -0.05) is 18.2 Å². The summed E-state index contributed by atoms with van der Waals surface area (Å²) in [6, 6.07) is 5.52. The van der Waals surface area contributed by atoms with Crippen molar-refractivity contribution >= 4 is 28.2 Å². The maximum absolute atomic E-state index is 14.1. The maximum atomic E-state index is 14.1. The minimum atomic E-state index is -0.529. The molecule has 2 aliphatic rings. The van der Waals surface area contributed by atoms with Gasteiger partial charge in [0.15, 0.2) is 5.82 Å². The number of aromatic amines is 1. The molecule has 0 spiro atoms. The van der Waals surface area contributed by atoms with Gasteiger partial charge >= 0.3 is 0 Å². The van der Waals surface area contributed by atoms with Crippen LogP contribution < -0.4 is 5.56 Å². The van der Waals surface area contributed by atoms with Crippen LogP contribution in [0.2, 0.25) is 0 Å². The first-order valence-electron chi connectivity index (χ1n) is 9.98. The molecule has 2 aromatic heterocycles. The van der Waals surface area contributed by atoms with E-state index in [0.29, 0.717) is 28.0 Å². The monoisotopic (exact) mass is 431 g/mol. The van der Waals surface area contributed by atoms with Crippen molar-refractivity contribution in [2.24, 2.45) is 0 Å². The van der Waals surface area contributed by atoms with Gasteiger partial charge in [0.1, 0.15) is 11.6 Å². The molecule has 4 aromatic rings. The Balaban J connectivity index is 1.47. The number of nitrogens with one attached hydrogen (secondary N) is 1. The minimum Gasteiger partial charge on any atom is -0.330 e. The minimum absolute atomic E-state index is 0.0130. The highest BCUT2D eigenvalue weighted by molar-refractivity contribution is 5.99. The van der Waals surface area contributed by atoms with Crippen molar-refractivity contribution in [2.75, 3.05) is 0 Å². The summed E-state index contributed by atoms with van der Waals surface area (Å²) in [6.07, 6.45) is 5.61. The van der Waals surface area contributed by atoms with E-state index in [0.717, 1.165) is 17.7 Å². The average Bonchev–Trinajstić information content (AvgIpc) is 3.36. The van der Waals surface area contributed by atoms with Crippen LogP contribution in [0.5, 0.6) is 0 Å². The smallest absolute Gasteiger partial charge is 0.294 e. The molecule has 3 heterocycles. The molecular formula is C23H15F2N5O2. The SMILES string of the molecule is Cc1cc2c(cc1C(=O)N1Cc3c(F)ccc(F)c3C1)[nH]c(=O)c1nnc(C3=CC=C3)n12. The van der Waals surface area contributed by atoms with E-state index in [9.17, 15) is 18.4 Å². The van der Waals surface area contributed by atoms with Crippen molar-refractivity contribution < 1.29 is 13.6 Å². The Hall–Kier alpha value is -4.14. The molecule has 9 heteroatoms. The van der Waals surface area contributed by atoms with E-state index in [1.807, 2.05) is 18.2 Å². The van der Waals surface area contributed by atoms with Crippen molar-refractivity contribution in [1.82, 2.24) is 24.5 Å². The van der Waals surface area contributed by atoms with Gasteiger partial charge in [0, 0.05) is 35.4 Å². The Morgan fingerprint density at radius 2 is 1.78 bits per heavy atom. The van der Waals surface area contributed by atoms with Crippen molar-refractivity contribution in [1.29, 1.82) is 0 Å². The lowest BCUT2D eigenvalue weighted by Crippen LogP contribution is -2.26. The summed E-state index contributed by atoms with van der Waals surface area (Å²) in [5, 5.41) is 8.15. The predicted octanol–water partition coefficient (Wildman–Crippen LogP) is 3.27. The normalized spacial score (nSPS) is 14.7. The Labute approximate surface area is 179 Å². The van der Waals surface area contributed by atoms with E-state index in [1.165, 1.54) is 4.90 Å². The van der Waals surface area contributed by atoms with Crippen molar-refractivity contribution in [2.45, 2.75) is 20.0 Å². The van der Waals surface area contributed by atoms with Gasteiger partial charge in [-0.05, 0) is 36.8 Å². The topological polar surface area (TPSA) is 83.4 Å². The van der Waals surface area contributed by atoms with Crippen LogP contribution in [0.25, 0.3) is 22.3 Å². The summed E-state index contributed by atoms with van der Waals surface area (Å²) in [5.74, 6) is -0.886. The Kier molecular flexibility index (Phi) is 3.74. The molecule has 7 nitrogen and oxygen atoms in total. The molecule has 0 radical (unpaired) electrons. The largest absolute Gasteiger partial charge is 0.330 e. The summed E-state index contributed by atoms with van der Waals surface area (Å²) >= 11 is 0. The van der Waals surface area contributed by atoms with Crippen LogP contribution in [0.15, 0.2) is 47.3 Å². The van der Waals surface area contributed by atoms with E-state index in [-0.39, 0.29) is 35.8 Å². The zero-order chi connectivity index (χ0) is 22.1. The molecule has 6 rings (SSSR count). The number of halogens is 2. The molecule has 0 unspecified atom stereocenters. The Bertz CT molecular complexity index is 1580. The zero-order valence-corrected chi connectivity index (χ0v) is 16.8. The van der Waals surface area contributed by atoms with Gasteiger partial charge in [-0.15, -0.1) is 10.2 Å². The molecule has 158 valence electrons. The number of fused-ring (bicyclic) bond motifs is 4. The lowest BCUT2D eigenvalue weighted by atomic mass is 10.1. The fourth-order valence-corrected chi connectivity index (χ4v) is 4.30. The number of amides is 1. The lowest BCUT2D eigenvalue weighted by molar-refractivity contribution is 0.0749. The van der Waals surface area contributed by atoms with Gasteiger partial charge in [-0.3, -0.25) is 14.0 Å². The second-order valence-corrected chi connectivity index (χ2v) is 7.95. The number of carbonyl (C=O) groups is 1. The average molecular weight is 431 g/mol. The predicted molar refractivity (Wildman–Crippen MR) is 113 cm³/mol. The van der Waals surface area contributed by atoms with Gasteiger partial charge in [-0.25, -0.2) is 8.78 Å². The molecular weight excluding hydrogens is 416 g/mol. The third kappa shape index (κ3) is 2.51. The van der Waals surface area contributed by atoms with Gasteiger partial charge in [0.2, 0.25) is 5.65 Å². The number of carbonyl (C=O) groups excluding carboxylic acids is 1.